The molecule has 1 aliphatic carbocycles. The molecule has 3 atom stereocenters. The van der Waals surface area contributed by atoms with Gasteiger partial charge >= 0.3 is 0 Å². The van der Waals surface area contributed by atoms with Crippen molar-refractivity contribution in [1.29, 1.82) is 0 Å². The summed E-state index contributed by atoms with van der Waals surface area (Å²) in [6, 6.07) is 4.76. The minimum atomic E-state index is 0.570. The summed E-state index contributed by atoms with van der Waals surface area (Å²) in [6.45, 7) is 5.78. The molecule has 2 heteroatoms. The smallest absolute Gasteiger partial charge is 0.0270 e. The lowest BCUT2D eigenvalue weighted by Gasteiger charge is -2.13. The van der Waals surface area contributed by atoms with Crippen molar-refractivity contribution in [3.05, 3.63) is 30.1 Å². The molecule has 1 aromatic heterocycles. The molecule has 3 unspecified atom stereocenters. The van der Waals surface area contributed by atoms with Crippen LogP contribution in [0.15, 0.2) is 24.5 Å². The number of hydrogen-bond donors (Lipinski definition) is 1. The number of rotatable bonds is 5. The molecule has 0 amide bonds. The lowest BCUT2D eigenvalue weighted by atomic mass is 10.1. The van der Waals surface area contributed by atoms with Crippen molar-refractivity contribution >= 4 is 0 Å². The summed E-state index contributed by atoms with van der Waals surface area (Å²) >= 11 is 0. The highest BCUT2D eigenvalue weighted by atomic mass is 14.9. The summed E-state index contributed by atoms with van der Waals surface area (Å²) in [6.07, 6.45) is 6.24. The van der Waals surface area contributed by atoms with E-state index in [1.165, 1.54) is 18.5 Å². The van der Waals surface area contributed by atoms with Crippen molar-refractivity contribution in [2.24, 2.45) is 11.8 Å². The molecule has 2 nitrogen and oxygen atoms in total. The molecule has 1 heterocycles. The van der Waals surface area contributed by atoms with Crippen molar-refractivity contribution in [1.82, 2.24) is 10.3 Å². The maximum Gasteiger partial charge on any atom is 0.0270 e. The zero-order chi connectivity index (χ0) is 10.7. The molecule has 15 heavy (non-hydrogen) atoms. The first-order valence-corrected chi connectivity index (χ1v) is 5.88. The minimum Gasteiger partial charge on any atom is -0.314 e. The quantitative estimate of drug-likeness (QED) is 0.795. The van der Waals surface area contributed by atoms with Gasteiger partial charge in [-0.15, -0.1) is 0 Å². The van der Waals surface area contributed by atoms with E-state index in [4.69, 9.17) is 0 Å². The van der Waals surface area contributed by atoms with Gasteiger partial charge < -0.3 is 5.32 Å². The van der Waals surface area contributed by atoms with Crippen LogP contribution in [-0.2, 0) is 6.42 Å². The Hall–Kier alpha value is -0.890. The number of aromatic nitrogens is 1. The van der Waals surface area contributed by atoms with Crippen LogP contribution in [0.25, 0.3) is 0 Å². The molecule has 0 aliphatic heterocycles. The highest BCUT2D eigenvalue weighted by Crippen LogP contribution is 2.36. The first-order valence-electron chi connectivity index (χ1n) is 5.88. The SMILES string of the molecule is CC(Cc1ccncc1)NCC1CC1C. The normalized spacial score (nSPS) is 26.3. The molecular weight excluding hydrogens is 184 g/mol. The zero-order valence-electron chi connectivity index (χ0n) is 9.61. The Morgan fingerprint density at radius 2 is 2.13 bits per heavy atom. The van der Waals surface area contributed by atoms with Crippen LogP contribution < -0.4 is 5.32 Å². The minimum absolute atomic E-state index is 0.570. The molecule has 0 radical (unpaired) electrons. The van der Waals surface area contributed by atoms with Crippen LogP contribution >= 0.6 is 0 Å². The molecule has 0 spiro atoms. The van der Waals surface area contributed by atoms with E-state index in [0.29, 0.717) is 6.04 Å². The van der Waals surface area contributed by atoms with Gasteiger partial charge in [-0.2, -0.15) is 0 Å². The Balaban J connectivity index is 1.70. The Morgan fingerprint density at radius 1 is 1.47 bits per heavy atom. The standard InChI is InChI=1S/C13H20N2/c1-10-7-13(10)9-15-11(2)8-12-3-5-14-6-4-12/h3-6,10-11,13,15H,7-9H2,1-2H3. The molecule has 1 fully saturated rings. The van der Waals surface area contributed by atoms with Crippen LogP contribution in [0.2, 0.25) is 0 Å². The molecule has 0 aromatic carbocycles. The Morgan fingerprint density at radius 3 is 2.73 bits per heavy atom. The second kappa shape index (κ2) is 4.75. The van der Waals surface area contributed by atoms with E-state index in [2.05, 4.69) is 36.3 Å². The molecule has 0 saturated heterocycles. The third-order valence-corrected chi connectivity index (χ3v) is 3.30. The summed E-state index contributed by atoms with van der Waals surface area (Å²) in [5.41, 5.74) is 1.37. The van der Waals surface area contributed by atoms with Crippen molar-refractivity contribution in [2.75, 3.05) is 6.54 Å². The topological polar surface area (TPSA) is 24.9 Å². The third-order valence-electron chi connectivity index (χ3n) is 3.30. The fourth-order valence-electron chi connectivity index (χ4n) is 1.98. The fraction of sp³-hybridized carbons (Fsp3) is 0.615. The predicted molar refractivity (Wildman–Crippen MR) is 62.7 cm³/mol. The van der Waals surface area contributed by atoms with Crippen molar-refractivity contribution < 1.29 is 0 Å². The Bertz CT molecular complexity index is 297. The van der Waals surface area contributed by atoms with Crippen LogP contribution in [0.3, 0.4) is 0 Å². The fourth-order valence-corrected chi connectivity index (χ4v) is 1.98. The van der Waals surface area contributed by atoms with Gasteiger partial charge in [-0.25, -0.2) is 0 Å². The first-order chi connectivity index (χ1) is 7.25. The van der Waals surface area contributed by atoms with E-state index in [9.17, 15) is 0 Å². The lowest BCUT2D eigenvalue weighted by molar-refractivity contribution is 0.515. The number of pyridine rings is 1. The van der Waals surface area contributed by atoms with Crippen LogP contribution in [0.4, 0.5) is 0 Å². The molecular formula is C13H20N2. The summed E-state index contributed by atoms with van der Waals surface area (Å²) < 4.78 is 0. The van der Waals surface area contributed by atoms with E-state index in [1.54, 1.807) is 0 Å². The van der Waals surface area contributed by atoms with Crippen molar-refractivity contribution in [2.45, 2.75) is 32.7 Å². The highest BCUT2D eigenvalue weighted by Gasteiger charge is 2.31. The Labute approximate surface area is 92.1 Å². The zero-order valence-corrected chi connectivity index (χ0v) is 9.61. The summed E-state index contributed by atoms with van der Waals surface area (Å²) in [4.78, 5) is 4.03. The van der Waals surface area contributed by atoms with Gasteiger partial charge in [0.15, 0.2) is 0 Å². The summed E-state index contributed by atoms with van der Waals surface area (Å²) in [5.74, 6) is 1.88. The van der Waals surface area contributed by atoms with Crippen LogP contribution in [-0.4, -0.2) is 17.6 Å². The molecule has 1 N–H and O–H groups in total. The van der Waals surface area contributed by atoms with Gasteiger partial charge in [0.2, 0.25) is 0 Å². The molecule has 1 saturated carbocycles. The van der Waals surface area contributed by atoms with E-state index in [1.807, 2.05) is 12.4 Å². The van der Waals surface area contributed by atoms with Gasteiger partial charge in [-0.1, -0.05) is 6.92 Å². The first kappa shape index (κ1) is 10.6. The summed E-state index contributed by atoms with van der Waals surface area (Å²) in [7, 11) is 0. The summed E-state index contributed by atoms with van der Waals surface area (Å²) in [5, 5.41) is 3.60. The predicted octanol–water partition coefficient (Wildman–Crippen LogP) is 2.26. The number of nitrogens with one attached hydrogen (secondary N) is 1. The van der Waals surface area contributed by atoms with Crippen LogP contribution in [0, 0.1) is 11.8 Å². The average Bonchev–Trinajstić information content (AvgIpc) is 2.93. The van der Waals surface area contributed by atoms with Gasteiger partial charge in [0.1, 0.15) is 0 Å². The van der Waals surface area contributed by atoms with Crippen LogP contribution in [0.5, 0.6) is 0 Å². The number of hydrogen-bond acceptors (Lipinski definition) is 2. The van der Waals surface area contributed by atoms with E-state index >= 15 is 0 Å². The van der Waals surface area contributed by atoms with Gasteiger partial charge in [-0.05, 0) is 55.8 Å². The van der Waals surface area contributed by atoms with Gasteiger partial charge in [0.05, 0.1) is 0 Å². The average molecular weight is 204 g/mol. The highest BCUT2D eigenvalue weighted by molar-refractivity contribution is 5.11. The maximum atomic E-state index is 4.03. The Kier molecular flexibility index (Phi) is 3.37. The monoisotopic (exact) mass is 204 g/mol. The maximum absolute atomic E-state index is 4.03. The van der Waals surface area contributed by atoms with E-state index in [0.717, 1.165) is 18.3 Å². The van der Waals surface area contributed by atoms with Crippen LogP contribution in [0.1, 0.15) is 25.8 Å². The second-order valence-corrected chi connectivity index (χ2v) is 4.84. The molecule has 0 bridgehead atoms. The van der Waals surface area contributed by atoms with Gasteiger partial charge in [0.25, 0.3) is 0 Å². The second-order valence-electron chi connectivity index (χ2n) is 4.84. The largest absolute Gasteiger partial charge is 0.314 e. The van der Waals surface area contributed by atoms with Gasteiger partial charge in [-0.3, -0.25) is 4.98 Å². The molecule has 1 aromatic rings. The van der Waals surface area contributed by atoms with E-state index < -0.39 is 0 Å². The van der Waals surface area contributed by atoms with Gasteiger partial charge in [0, 0.05) is 18.4 Å². The van der Waals surface area contributed by atoms with Crippen molar-refractivity contribution in [3.63, 3.8) is 0 Å². The lowest BCUT2D eigenvalue weighted by Crippen LogP contribution is -2.30. The van der Waals surface area contributed by atoms with Crippen molar-refractivity contribution in [3.8, 4) is 0 Å². The molecule has 2 rings (SSSR count). The third kappa shape index (κ3) is 3.31. The van der Waals surface area contributed by atoms with E-state index in [-0.39, 0.29) is 0 Å². The molecule has 82 valence electrons. The number of nitrogens with zero attached hydrogens (tertiary/aromatic N) is 1. The molecule has 1 aliphatic rings.